The van der Waals surface area contributed by atoms with Crippen LogP contribution in [0, 0.1) is 12.7 Å². The number of methoxy groups -OCH3 is 1. The second-order valence-electron chi connectivity index (χ2n) is 9.04. The molecule has 0 aliphatic carbocycles. The fourth-order valence-corrected chi connectivity index (χ4v) is 4.61. The molecule has 0 saturated carbocycles. The Hall–Kier alpha value is -4.39. The zero-order valence-electron chi connectivity index (χ0n) is 21.4. The Morgan fingerprint density at radius 1 is 1.10 bits per heavy atom. The largest absolute Gasteiger partial charge is 0.573 e. The minimum atomic E-state index is -4.91. The molecule has 2 atom stereocenters. The van der Waals surface area contributed by atoms with Crippen molar-refractivity contribution in [2.45, 2.75) is 31.8 Å². The number of alkyl halides is 3. The summed E-state index contributed by atoms with van der Waals surface area (Å²) >= 11 is 0. The number of ether oxygens (including phenoxy) is 2. The number of benzene rings is 2. The number of hydrogen-bond donors (Lipinski definition) is 2. The average molecular weight is 564 g/mol. The van der Waals surface area contributed by atoms with E-state index >= 15 is 4.39 Å². The van der Waals surface area contributed by atoms with Gasteiger partial charge >= 0.3 is 6.36 Å². The van der Waals surface area contributed by atoms with E-state index in [-0.39, 0.29) is 42.3 Å². The number of rotatable bonds is 8. The summed E-state index contributed by atoms with van der Waals surface area (Å²) in [6.07, 6.45) is -3.44. The molecule has 1 aliphatic rings. The molecule has 1 aromatic heterocycles. The number of nitrogens with one attached hydrogen (secondary N) is 1. The first-order valence-electron chi connectivity index (χ1n) is 12.1. The summed E-state index contributed by atoms with van der Waals surface area (Å²) < 4.78 is 62.7. The third kappa shape index (κ3) is 5.93. The molecule has 3 aromatic rings. The summed E-state index contributed by atoms with van der Waals surface area (Å²) in [4.78, 5) is 41.1. The summed E-state index contributed by atoms with van der Waals surface area (Å²) in [5, 5.41) is 11.9. The van der Waals surface area contributed by atoms with Crippen LogP contribution >= 0.6 is 0 Å². The summed E-state index contributed by atoms with van der Waals surface area (Å²) in [5.41, 5.74) is -0.0707. The van der Waals surface area contributed by atoms with Gasteiger partial charge < -0.3 is 29.4 Å². The van der Waals surface area contributed by atoms with Crippen LogP contribution in [0.5, 0.6) is 11.5 Å². The van der Waals surface area contributed by atoms with Crippen LogP contribution in [0.1, 0.15) is 27.4 Å². The molecule has 0 bridgehead atoms. The Labute approximate surface area is 225 Å². The van der Waals surface area contributed by atoms with Crippen molar-refractivity contribution in [1.82, 2.24) is 9.88 Å². The van der Waals surface area contributed by atoms with E-state index in [1.54, 1.807) is 13.0 Å². The first kappa shape index (κ1) is 28.6. The quantitative estimate of drug-likeness (QED) is 0.408. The highest BCUT2D eigenvalue weighted by Gasteiger charge is 2.45. The molecule has 40 heavy (non-hydrogen) atoms. The van der Waals surface area contributed by atoms with Crippen molar-refractivity contribution in [3.63, 3.8) is 0 Å². The van der Waals surface area contributed by atoms with E-state index in [9.17, 15) is 32.7 Å². The molecule has 212 valence electrons. The molecule has 13 heteroatoms. The van der Waals surface area contributed by atoms with Crippen molar-refractivity contribution >= 4 is 17.5 Å². The Bertz CT molecular complexity index is 1470. The third-order valence-corrected chi connectivity index (χ3v) is 6.51. The lowest BCUT2D eigenvalue weighted by molar-refractivity contribution is -0.274. The van der Waals surface area contributed by atoms with Crippen molar-refractivity contribution in [3.8, 4) is 11.5 Å². The summed E-state index contributed by atoms with van der Waals surface area (Å²) in [5.74, 6) is -3.44. The highest BCUT2D eigenvalue weighted by atomic mass is 19.4. The second kappa shape index (κ2) is 11.4. The molecule has 1 fully saturated rings. The van der Waals surface area contributed by atoms with Crippen LogP contribution in [0.25, 0.3) is 0 Å². The van der Waals surface area contributed by atoms with E-state index in [1.165, 1.54) is 34.9 Å². The van der Waals surface area contributed by atoms with E-state index in [1.807, 2.05) is 0 Å². The number of aryl methyl sites for hydroxylation is 1. The summed E-state index contributed by atoms with van der Waals surface area (Å²) in [6.45, 7) is 1.12. The molecule has 2 heterocycles. The van der Waals surface area contributed by atoms with Gasteiger partial charge in [0.15, 0.2) is 0 Å². The van der Waals surface area contributed by atoms with E-state index < -0.39 is 47.3 Å². The van der Waals surface area contributed by atoms with Gasteiger partial charge in [-0.05, 0) is 54.4 Å². The second-order valence-corrected chi connectivity index (χ2v) is 9.04. The fraction of sp³-hybridized carbons (Fsp3) is 0.296. The van der Waals surface area contributed by atoms with Gasteiger partial charge in [-0.1, -0.05) is 6.07 Å². The number of anilines is 1. The highest BCUT2D eigenvalue weighted by Crippen LogP contribution is 2.35. The normalized spacial score (nSPS) is 17.2. The van der Waals surface area contributed by atoms with Gasteiger partial charge in [-0.25, -0.2) is 4.39 Å². The molecule has 9 nitrogen and oxygen atoms in total. The Morgan fingerprint density at radius 3 is 2.38 bits per heavy atom. The number of pyridine rings is 1. The first-order valence-corrected chi connectivity index (χ1v) is 12.1. The smallest absolute Gasteiger partial charge is 0.497 e. The number of aliphatic hydroxyl groups is 1. The van der Waals surface area contributed by atoms with Gasteiger partial charge in [-0.15, -0.1) is 13.2 Å². The molecule has 1 saturated heterocycles. The molecule has 2 N–H and O–H groups in total. The SMILES string of the molecule is COc1ccc([C@@H]2CN(c3c(C)ccn(CCO)c3=O)C(=O)[C@H]2NC(=O)c2ccc(OC(F)(F)F)cc2)c(F)c1. The zero-order chi connectivity index (χ0) is 29.2. The minimum absolute atomic E-state index is 0.0150. The number of aliphatic hydroxyl groups excluding tert-OH is 1. The molecule has 4 rings (SSSR count). The number of nitrogens with zero attached hydrogens (tertiary/aromatic N) is 2. The van der Waals surface area contributed by atoms with Gasteiger partial charge in [-0.2, -0.15) is 0 Å². The Balaban J connectivity index is 1.70. The van der Waals surface area contributed by atoms with Crippen molar-refractivity contribution in [3.05, 3.63) is 87.6 Å². The van der Waals surface area contributed by atoms with Crippen LogP contribution in [-0.2, 0) is 11.3 Å². The van der Waals surface area contributed by atoms with Crippen LogP contribution in [-0.4, -0.2) is 54.2 Å². The van der Waals surface area contributed by atoms with Gasteiger partial charge in [0.25, 0.3) is 11.5 Å². The summed E-state index contributed by atoms with van der Waals surface area (Å²) in [6, 6.07) is 8.38. The summed E-state index contributed by atoms with van der Waals surface area (Å²) in [7, 11) is 1.36. The Morgan fingerprint density at radius 2 is 1.77 bits per heavy atom. The Kier molecular flexibility index (Phi) is 8.14. The van der Waals surface area contributed by atoms with Crippen molar-refractivity contribution in [2.24, 2.45) is 0 Å². The number of carbonyl (C=O) groups excluding carboxylic acids is 2. The maximum Gasteiger partial charge on any atom is 0.573 e. The monoisotopic (exact) mass is 563 g/mol. The van der Waals surface area contributed by atoms with Crippen LogP contribution < -0.4 is 25.2 Å². The topological polar surface area (TPSA) is 110 Å². The molecule has 0 spiro atoms. The number of aromatic nitrogens is 1. The van der Waals surface area contributed by atoms with Crippen LogP contribution in [0.3, 0.4) is 0 Å². The van der Waals surface area contributed by atoms with Crippen LogP contribution in [0.2, 0.25) is 0 Å². The van der Waals surface area contributed by atoms with Gasteiger partial charge in [0.05, 0.1) is 13.7 Å². The number of hydrogen-bond acceptors (Lipinski definition) is 6. The van der Waals surface area contributed by atoms with E-state index in [4.69, 9.17) is 4.74 Å². The van der Waals surface area contributed by atoms with Gasteiger partial charge in [0.1, 0.15) is 29.0 Å². The lowest BCUT2D eigenvalue weighted by atomic mass is 9.93. The molecular formula is C27H25F4N3O6. The lowest BCUT2D eigenvalue weighted by Crippen LogP contribution is -2.44. The van der Waals surface area contributed by atoms with E-state index in [2.05, 4.69) is 10.1 Å². The fourth-order valence-electron chi connectivity index (χ4n) is 4.61. The van der Waals surface area contributed by atoms with Crippen molar-refractivity contribution in [2.75, 3.05) is 25.2 Å². The molecule has 0 unspecified atom stereocenters. The zero-order valence-corrected chi connectivity index (χ0v) is 21.4. The highest BCUT2D eigenvalue weighted by molar-refractivity contribution is 6.05. The van der Waals surface area contributed by atoms with E-state index in [0.717, 1.165) is 30.3 Å². The minimum Gasteiger partial charge on any atom is -0.497 e. The van der Waals surface area contributed by atoms with Crippen LogP contribution in [0.4, 0.5) is 23.2 Å². The molecule has 0 radical (unpaired) electrons. The van der Waals surface area contributed by atoms with Crippen molar-refractivity contribution < 1.29 is 41.7 Å². The van der Waals surface area contributed by atoms with Crippen LogP contribution in [0.15, 0.2) is 59.5 Å². The lowest BCUT2D eigenvalue weighted by Gasteiger charge is -2.20. The molecule has 2 aromatic carbocycles. The number of halogens is 4. The third-order valence-electron chi connectivity index (χ3n) is 6.51. The standard InChI is InChI=1S/C27H25F4N3O6/c1-15-9-10-33(11-12-35)26(38)23(15)34-14-20(19-8-7-18(39-2)13-21(19)28)22(25(34)37)32-24(36)16-3-5-17(6-4-16)40-27(29,30)31/h3-10,13,20,22,35H,11-12,14H2,1-2H3,(H,32,36)/t20-,22-/m0/s1. The number of carbonyl (C=O) groups is 2. The predicted molar refractivity (Wildman–Crippen MR) is 135 cm³/mol. The van der Waals surface area contributed by atoms with Gasteiger partial charge in [0.2, 0.25) is 5.91 Å². The van der Waals surface area contributed by atoms with E-state index in [0.29, 0.717) is 5.56 Å². The predicted octanol–water partition coefficient (Wildman–Crippen LogP) is 3.12. The molecule has 2 amide bonds. The maximum atomic E-state index is 15.2. The van der Waals surface area contributed by atoms with Gasteiger partial charge in [-0.3, -0.25) is 14.4 Å². The molecular weight excluding hydrogens is 538 g/mol. The maximum absolute atomic E-state index is 15.2. The van der Waals surface area contributed by atoms with Gasteiger partial charge in [0, 0.05) is 36.8 Å². The first-order chi connectivity index (χ1) is 18.9. The van der Waals surface area contributed by atoms with Crippen molar-refractivity contribution in [1.29, 1.82) is 0 Å². The molecule has 1 aliphatic heterocycles. The number of amides is 2. The average Bonchev–Trinajstić information content (AvgIpc) is 3.20.